The number of carboxylic acids is 1. The summed E-state index contributed by atoms with van der Waals surface area (Å²) >= 11 is 0. The lowest BCUT2D eigenvalue weighted by atomic mass is 10.0. The molecular weight excluding hydrogens is 572 g/mol. The van der Waals surface area contributed by atoms with Gasteiger partial charge < -0.3 is 42.9 Å². The second-order valence-electron chi connectivity index (χ2n) is 10.6. The lowest BCUT2D eigenvalue weighted by Gasteiger charge is -2.26. The number of primary amides is 1. The Kier molecular flexibility index (Phi) is 13.8. The van der Waals surface area contributed by atoms with Gasteiger partial charge in [-0.15, -0.1) is 0 Å². The second-order valence-corrected chi connectivity index (χ2v) is 10.6. The normalized spacial score (nSPS) is 13.5. The van der Waals surface area contributed by atoms with Gasteiger partial charge in [0.2, 0.25) is 29.5 Å². The molecule has 0 aliphatic heterocycles. The highest BCUT2D eigenvalue weighted by Gasteiger charge is 2.31. The van der Waals surface area contributed by atoms with E-state index in [1.165, 1.54) is 12.1 Å². The van der Waals surface area contributed by atoms with Gasteiger partial charge in [0.1, 0.15) is 23.9 Å². The maximum Gasteiger partial charge on any atom is 0.326 e. The maximum atomic E-state index is 13.3. The molecule has 2 rings (SSSR count). The van der Waals surface area contributed by atoms with Crippen LogP contribution in [0.4, 0.5) is 0 Å². The minimum absolute atomic E-state index is 0.00824. The summed E-state index contributed by atoms with van der Waals surface area (Å²) in [4.78, 5) is 74.4. The lowest BCUT2D eigenvalue weighted by molar-refractivity contribution is -0.142. The van der Waals surface area contributed by atoms with E-state index in [-0.39, 0.29) is 31.4 Å². The van der Waals surface area contributed by atoms with Crippen molar-refractivity contribution >= 4 is 35.5 Å². The van der Waals surface area contributed by atoms with E-state index >= 15 is 0 Å². The topological polar surface area (TPSA) is 243 Å². The predicted octanol–water partition coefficient (Wildman–Crippen LogP) is -0.919. The van der Waals surface area contributed by atoms with Gasteiger partial charge in [0.05, 0.1) is 12.6 Å². The Morgan fingerprint density at radius 3 is 1.93 bits per heavy atom. The smallest absolute Gasteiger partial charge is 0.326 e. The molecule has 4 atom stereocenters. The van der Waals surface area contributed by atoms with Crippen LogP contribution in [0.1, 0.15) is 37.8 Å². The molecule has 0 fully saturated rings. The van der Waals surface area contributed by atoms with Crippen molar-refractivity contribution in [3.8, 4) is 5.75 Å². The molecule has 14 nitrogen and oxygen atoms in total. The third-order valence-corrected chi connectivity index (χ3v) is 6.63. The highest BCUT2D eigenvalue weighted by Crippen LogP contribution is 2.11. The van der Waals surface area contributed by atoms with Crippen molar-refractivity contribution in [2.45, 2.75) is 63.7 Å². The number of aliphatic carboxylic acids is 1. The quantitative estimate of drug-likeness (QED) is 0.110. The summed E-state index contributed by atoms with van der Waals surface area (Å²) in [7, 11) is 0. The number of phenolic OH excluding ortho intramolecular Hbond substituents is 1. The molecule has 10 N–H and O–H groups in total. The Morgan fingerprint density at radius 2 is 1.36 bits per heavy atom. The fraction of sp³-hybridized carbons (Fsp3) is 0.400. The van der Waals surface area contributed by atoms with Gasteiger partial charge in [-0.3, -0.25) is 24.0 Å². The standard InChI is InChI=1S/C30H40N6O8/c1-17(2)26(36-25(39)16-33-27(40)21(31)14-19-8-10-20(37)11-9-19)29(42)35-23(15-18-6-4-3-5-7-18)28(41)34-22(30(43)44)12-13-24(32)38/h3-11,17,21-23,26,37H,12-16,31H2,1-2H3,(H2,32,38)(H,33,40)(H,34,41)(H,35,42)(H,36,39)(H,43,44)/t21-,22-,23-,26-/m0/s1. The van der Waals surface area contributed by atoms with Gasteiger partial charge >= 0.3 is 5.97 Å². The zero-order valence-electron chi connectivity index (χ0n) is 24.6. The molecule has 14 heteroatoms. The monoisotopic (exact) mass is 612 g/mol. The fourth-order valence-corrected chi connectivity index (χ4v) is 4.17. The first-order valence-corrected chi connectivity index (χ1v) is 14.0. The van der Waals surface area contributed by atoms with Crippen molar-refractivity contribution in [2.24, 2.45) is 17.4 Å². The van der Waals surface area contributed by atoms with Gasteiger partial charge in [-0.05, 0) is 42.0 Å². The molecule has 0 aliphatic rings. The molecule has 0 radical (unpaired) electrons. The molecule has 0 aliphatic carbocycles. The third kappa shape index (κ3) is 12.1. The summed E-state index contributed by atoms with van der Waals surface area (Å²) < 4.78 is 0. The summed E-state index contributed by atoms with van der Waals surface area (Å²) in [6.45, 7) is 2.88. The fourth-order valence-electron chi connectivity index (χ4n) is 4.17. The molecular formula is C30H40N6O8. The zero-order valence-corrected chi connectivity index (χ0v) is 24.6. The lowest BCUT2D eigenvalue weighted by Crippen LogP contribution is -2.58. The first kappa shape index (κ1) is 35.2. The average molecular weight is 613 g/mol. The van der Waals surface area contributed by atoms with Crippen LogP contribution in [-0.2, 0) is 41.6 Å². The van der Waals surface area contributed by atoms with Crippen molar-refractivity contribution in [1.82, 2.24) is 21.3 Å². The van der Waals surface area contributed by atoms with Gasteiger partial charge in [0.25, 0.3) is 0 Å². The number of aromatic hydroxyl groups is 1. The molecule has 0 saturated heterocycles. The summed E-state index contributed by atoms with van der Waals surface area (Å²) in [5, 5.41) is 28.8. The molecule has 44 heavy (non-hydrogen) atoms. The molecule has 0 unspecified atom stereocenters. The van der Waals surface area contributed by atoms with E-state index in [0.717, 1.165) is 0 Å². The van der Waals surface area contributed by atoms with Crippen molar-refractivity contribution in [1.29, 1.82) is 0 Å². The maximum absolute atomic E-state index is 13.3. The van der Waals surface area contributed by atoms with Crippen molar-refractivity contribution < 1.29 is 39.0 Å². The number of carboxylic acid groups (broad SMARTS) is 1. The molecule has 0 saturated carbocycles. The molecule has 0 spiro atoms. The van der Waals surface area contributed by atoms with Crippen molar-refractivity contribution in [3.63, 3.8) is 0 Å². The van der Waals surface area contributed by atoms with Crippen LogP contribution in [0.5, 0.6) is 5.75 Å². The Bertz CT molecular complexity index is 1300. The molecule has 2 aromatic rings. The highest BCUT2D eigenvalue weighted by molar-refractivity contribution is 5.94. The van der Waals surface area contributed by atoms with E-state index in [9.17, 15) is 39.0 Å². The summed E-state index contributed by atoms with van der Waals surface area (Å²) in [5.41, 5.74) is 12.4. The van der Waals surface area contributed by atoms with E-state index in [1.54, 1.807) is 56.3 Å². The average Bonchev–Trinajstić information content (AvgIpc) is 2.97. The SMILES string of the molecule is CC(C)[C@H](NC(=O)CNC(=O)[C@@H](N)Cc1ccc(O)cc1)C(=O)N[C@@H](Cc1ccccc1)C(=O)N[C@@H](CCC(N)=O)C(=O)O. The number of rotatable bonds is 17. The van der Waals surface area contributed by atoms with Crippen LogP contribution in [0.3, 0.4) is 0 Å². The van der Waals surface area contributed by atoms with Gasteiger partial charge in [0, 0.05) is 12.8 Å². The Balaban J connectivity index is 2.06. The van der Waals surface area contributed by atoms with E-state index in [0.29, 0.717) is 11.1 Å². The minimum Gasteiger partial charge on any atom is -0.508 e. The minimum atomic E-state index is -1.42. The van der Waals surface area contributed by atoms with Gasteiger partial charge in [-0.2, -0.15) is 0 Å². The number of nitrogens with one attached hydrogen (secondary N) is 4. The number of hydrogen-bond donors (Lipinski definition) is 8. The van der Waals surface area contributed by atoms with Crippen LogP contribution >= 0.6 is 0 Å². The number of carbonyl (C=O) groups is 6. The molecule has 0 heterocycles. The van der Waals surface area contributed by atoms with Crippen LogP contribution in [0.25, 0.3) is 0 Å². The van der Waals surface area contributed by atoms with E-state index in [2.05, 4.69) is 21.3 Å². The zero-order chi connectivity index (χ0) is 32.8. The number of benzene rings is 2. The van der Waals surface area contributed by atoms with Crippen LogP contribution in [0.15, 0.2) is 54.6 Å². The number of amides is 5. The van der Waals surface area contributed by atoms with Crippen molar-refractivity contribution in [2.75, 3.05) is 6.54 Å². The third-order valence-electron chi connectivity index (χ3n) is 6.63. The van der Waals surface area contributed by atoms with E-state index in [4.69, 9.17) is 11.5 Å². The molecule has 2 aromatic carbocycles. The van der Waals surface area contributed by atoms with Crippen LogP contribution in [-0.4, -0.2) is 76.4 Å². The number of hydrogen-bond acceptors (Lipinski definition) is 8. The molecule has 238 valence electrons. The molecule has 0 bridgehead atoms. The van der Waals surface area contributed by atoms with Crippen molar-refractivity contribution in [3.05, 3.63) is 65.7 Å². The van der Waals surface area contributed by atoms with E-state index < -0.39 is 72.1 Å². The predicted molar refractivity (Wildman–Crippen MR) is 160 cm³/mol. The molecule has 5 amide bonds. The summed E-state index contributed by atoms with van der Waals surface area (Å²) in [6, 6.07) is 10.1. The van der Waals surface area contributed by atoms with Crippen LogP contribution in [0, 0.1) is 5.92 Å². The number of carbonyl (C=O) groups excluding carboxylic acids is 5. The number of nitrogens with two attached hydrogens (primary N) is 2. The van der Waals surface area contributed by atoms with Crippen LogP contribution < -0.4 is 32.7 Å². The highest BCUT2D eigenvalue weighted by atomic mass is 16.4. The van der Waals surface area contributed by atoms with Gasteiger partial charge in [-0.1, -0.05) is 56.3 Å². The Hall–Kier alpha value is -4.98. The Morgan fingerprint density at radius 1 is 0.773 bits per heavy atom. The van der Waals surface area contributed by atoms with Gasteiger partial charge in [0.15, 0.2) is 0 Å². The van der Waals surface area contributed by atoms with E-state index in [1.807, 2.05) is 0 Å². The first-order chi connectivity index (χ1) is 20.8. The first-order valence-electron chi connectivity index (χ1n) is 14.0. The Labute approximate surface area is 254 Å². The largest absolute Gasteiger partial charge is 0.508 e. The summed E-state index contributed by atoms with van der Waals surface area (Å²) in [5.74, 6) is -5.25. The second kappa shape index (κ2) is 17.2. The van der Waals surface area contributed by atoms with Crippen LogP contribution in [0.2, 0.25) is 0 Å². The van der Waals surface area contributed by atoms with Gasteiger partial charge in [-0.25, -0.2) is 4.79 Å². The summed E-state index contributed by atoms with van der Waals surface area (Å²) in [6.07, 6.45) is -0.334. The molecule has 0 aromatic heterocycles. The number of phenols is 1.